The van der Waals surface area contributed by atoms with Gasteiger partial charge in [-0.15, -0.1) is 0 Å². The lowest BCUT2D eigenvalue weighted by molar-refractivity contribution is 0.600. The number of hydrogen-bond donors (Lipinski definition) is 2. The maximum Gasteiger partial charge on any atom is 0.231 e. The minimum absolute atomic E-state index is 0.109. The van der Waals surface area contributed by atoms with E-state index in [2.05, 4.69) is 10.6 Å². The molecule has 0 aliphatic carbocycles. The Bertz CT molecular complexity index is 854. The lowest BCUT2D eigenvalue weighted by Crippen LogP contribution is -2.31. The Kier molecular flexibility index (Phi) is 5.97. The van der Waals surface area contributed by atoms with Gasteiger partial charge in [-0.25, -0.2) is 12.8 Å². The van der Waals surface area contributed by atoms with Crippen LogP contribution in [-0.4, -0.2) is 26.8 Å². The minimum Gasteiger partial charge on any atom is -0.356 e. The average Bonchev–Trinajstić information content (AvgIpc) is 2.54. The van der Waals surface area contributed by atoms with Gasteiger partial charge in [0.2, 0.25) is 10.0 Å². The molecule has 0 saturated carbocycles. The van der Waals surface area contributed by atoms with E-state index in [1.807, 2.05) is 6.92 Å². The van der Waals surface area contributed by atoms with Gasteiger partial charge in [0, 0.05) is 12.7 Å². The van der Waals surface area contributed by atoms with Crippen molar-refractivity contribution in [3.05, 3.63) is 59.9 Å². The van der Waals surface area contributed by atoms with Crippen LogP contribution in [0, 0.1) is 5.82 Å². The quantitative estimate of drug-likeness (QED) is 0.779. The van der Waals surface area contributed by atoms with Crippen LogP contribution >= 0.6 is 12.2 Å². The highest BCUT2D eigenvalue weighted by Gasteiger charge is 2.13. The SMILES string of the molecule is CC(NC(=S)Nc1cccc(N(C)S(C)(=O)=O)c1)c1ccc(F)cc1. The number of halogens is 1. The largest absolute Gasteiger partial charge is 0.356 e. The minimum atomic E-state index is -3.33. The van der Waals surface area contributed by atoms with Crippen molar-refractivity contribution in [3.63, 3.8) is 0 Å². The van der Waals surface area contributed by atoms with E-state index in [9.17, 15) is 12.8 Å². The van der Waals surface area contributed by atoms with Crippen molar-refractivity contribution >= 4 is 38.7 Å². The van der Waals surface area contributed by atoms with Crippen LogP contribution in [-0.2, 0) is 10.0 Å². The number of anilines is 2. The van der Waals surface area contributed by atoms with Gasteiger partial charge in [0.25, 0.3) is 0 Å². The van der Waals surface area contributed by atoms with Crippen LogP contribution in [0.3, 0.4) is 0 Å². The summed E-state index contributed by atoms with van der Waals surface area (Å²) in [6.45, 7) is 1.91. The molecule has 2 aromatic rings. The normalized spacial score (nSPS) is 12.3. The number of benzene rings is 2. The van der Waals surface area contributed by atoms with Crippen molar-refractivity contribution in [2.75, 3.05) is 22.9 Å². The highest BCUT2D eigenvalue weighted by atomic mass is 32.2. The van der Waals surface area contributed by atoms with Crippen LogP contribution < -0.4 is 14.9 Å². The lowest BCUT2D eigenvalue weighted by atomic mass is 10.1. The van der Waals surface area contributed by atoms with Gasteiger partial charge >= 0.3 is 0 Å². The Hall–Kier alpha value is -2.19. The molecule has 0 heterocycles. The Balaban J connectivity index is 2.04. The molecule has 0 aromatic heterocycles. The van der Waals surface area contributed by atoms with Crippen molar-refractivity contribution in [2.45, 2.75) is 13.0 Å². The zero-order valence-electron chi connectivity index (χ0n) is 14.2. The fourth-order valence-electron chi connectivity index (χ4n) is 2.17. The monoisotopic (exact) mass is 381 g/mol. The Morgan fingerprint density at radius 2 is 1.84 bits per heavy atom. The fraction of sp³-hybridized carbons (Fsp3) is 0.235. The number of rotatable bonds is 5. The number of nitrogens with zero attached hydrogens (tertiary/aromatic N) is 1. The van der Waals surface area contributed by atoms with E-state index in [1.54, 1.807) is 36.4 Å². The first-order chi connectivity index (χ1) is 11.7. The molecule has 2 aromatic carbocycles. The molecule has 2 N–H and O–H groups in total. The molecule has 0 fully saturated rings. The molecule has 0 aliphatic rings. The highest BCUT2D eigenvalue weighted by molar-refractivity contribution is 7.92. The van der Waals surface area contributed by atoms with E-state index in [1.165, 1.54) is 23.5 Å². The Labute approximate surface area is 152 Å². The van der Waals surface area contributed by atoms with Gasteiger partial charge in [-0.05, 0) is 55.0 Å². The van der Waals surface area contributed by atoms with E-state index in [0.29, 0.717) is 16.5 Å². The van der Waals surface area contributed by atoms with Gasteiger partial charge in [-0.1, -0.05) is 18.2 Å². The highest BCUT2D eigenvalue weighted by Crippen LogP contribution is 2.20. The number of thiocarbonyl (C=S) groups is 1. The van der Waals surface area contributed by atoms with E-state index >= 15 is 0 Å². The van der Waals surface area contributed by atoms with Crippen LogP contribution in [0.1, 0.15) is 18.5 Å². The van der Waals surface area contributed by atoms with E-state index in [0.717, 1.165) is 11.8 Å². The van der Waals surface area contributed by atoms with Crippen molar-refractivity contribution < 1.29 is 12.8 Å². The van der Waals surface area contributed by atoms with Crippen molar-refractivity contribution in [1.29, 1.82) is 0 Å². The van der Waals surface area contributed by atoms with Crippen molar-refractivity contribution in [2.24, 2.45) is 0 Å². The van der Waals surface area contributed by atoms with E-state index in [4.69, 9.17) is 12.2 Å². The van der Waals surface area contributed by atoms with Crippen LogP contribution in [0.15, 0.2) is 48.5 Å². The third-order valence-electron chi connectivity index (χ3n) is 3.68. The summed E-state index contributed by atoms with van der Waals surface area (Å²) >= 11 is 5.29. The molecule has 134 valence electrons. The molecule has 0 radical (unpaired) electrons. The molecule has 0 saturated heterocycles. The molecule has 5 nitrogen and oxygen atoms in total. The summed E-state index contributed by atoms with van der Waals surface area (Å²) in [5.74, 6) is -0.288. The standard InChI is InChI=1S/C17H20FN3O2S2/c1-12(13-7-9-14(18)10-8-13)19-17(24)20-15-5-4-6-16(11-15)21(2)25(3,22)23/h4-12H,1-3H3,(H2,19,20,24). The molecular weight excluding hydrogens is 361 g/mol. The molecule has 0 spiro atoms. The lowest BCUT2D eigenvalue weighted by Gasteiger charge is -2.19. The van der Waals surface area contributed by atoms with Gasteiger partial charge in [0.1, 0.15) is 5.82 Å². The van der Waals surface area contributed by atoms with Gasteiger partial charge in [-0.2, -0.15) is 0 Å². The van der Waals surface area contributed by atoms with Gasteiger partial charge in [-0.3, -0.25) is 4.31 Å². The van der Waals surface area contributed by atoms with Crippen LogP contribution in [0.25, 0.3) is 0 Å². The second-order valence-electron chi connectivity index (χ2n) is 5.65. The molecule has 0 bridgehead atoms. The number of sulfonamides is 1. The first-order valence-electron chi connectivity index (χ1n) is 7.54. The van der Waals surface area contributed by atoms with Gasteiger partial charge in [0.15, 0.2) is 5.11 Å². The molecule has 2 rings (SSSR count). The van der Waals surface area contributed by atoms with Crippen molar-refractivity contribution in [3.8, 4) is 0 Å². The molecule has 0 amide bonds. The number of nitrogens with one attached hydrogen (secondary N) is 2. The Morgan fingerprint density at radius 3 is 2.44 bits per heavy atom. The van der Waals surface area contributed by atoms with Crippen LogP contribution in [0.5, 0.6) is 0 Å². The molecular formula is C17H20FN3O2S2. The summed E-state index contributed by atoms with van der Waals surface area (Å²) in [4.78, 5) is 0. The predicted molar refractivity (Wildman–Crippen MR) is 104 cm³/mol. The maximum atomic E-state index is 13.0. The zero-order valence-corrected chi connectivity index (χ0v) is 15.8. The molecule has 25 heavy (non-hydrogen) atoms. The molecule has 8 heteroatoms. The van der Waals surface area contributed by atoms with Crippen LogP contribution in [0.4, 0.5) is 15.8 Å². The molecule has 0 aliphatic heterocycles. The fourth-order valence-corrected chi connectivity index (χ4v) is 2.96. The summed E-state index contributed by atoms with van der Waals surface area (Å²) in [6.07, 6.45) is 1.14. The first-order valence-corrected chi connectivity index (χ1v) is 9.79. The summed E-state index contributed by atoms with van der Waals surface area (Å²) in [5.41, 5.74) is 2.09. The topological polar surface area (TPSA) is 61.4 Å². The van der Waals surface area contributed by atoms with Crippen LogP contribution in [0.2, 0.25) is 0 Å². The summed E-state index contributed by atoms with van der Waals surface area (Å²) in [7, 11) is -1.85. The zero-order chi connectivity index (χ0) is 18.6. The third-order valence-corrected chi connectivity index (χ3v) is 5.11. The predicted octanol–water partition coefficient (Wildman–Crippen LogP) is 3.27. The summed E-state index contributed by atoms with van der Waals surface area (Å²) < 4.78 is 37.4. The second-order valence-corrected chi connectivity index (χ2v) is 8.07. The van der Waals surface area contributed by atoms with Gasteiger partial charge in [0.05, 0.1) is 18.0 Å². The molecule has 1 atom stereocenters. The smallest absolute Gasteiger partial charge is 0.231 e. The molecule has 1 unspecified atom stereocenters. The maximum absolute atomic E-state index is 13.0. The van der Waals surface area contributed by atoms with E-state index < -0.39 is 10.0 Å². The van der Waals surface area contributed by atoms with E-state index in [-0.39, 0.29) is 11.9 Å². The summed E-state index contributed by atoms with van der Waals surface area (Å²) in [5, 5.41) is 6.52. The third kappa shape index (κ3) is 5.40. The first kappa shape index (κ1) is 19.1. The second kappa shape index (κ2) is 7.79. The number of hydrogen-bond acceptors (Lipinski definition) is 3. The van der Waals surface area contributed by atoms with Gasteiger partial charge < -0.3 is 10.6 Å². The summed E-state index contributed by atoms with van der Waals surface area (Å²) in [6, 6.07) is 13.0. The average molecular weight is 381 g/mol. The van der Waals surface area contributed by atoms with Crippen molar-refractivity contribution in [1.82, 2.24) is 5.32 Å². The Morgan fingerprint density at radius 1 is 1.20 bits per heavy atom.